The van der Waals surface area contributed by atoms with Gasteiger partial charge in [0.05, 0.1) is 12.2 Å². The maximum Gasteiger partial charge on any atom is 0.0649 e. The molecule has 82 valence electrons. The molecule has 1 aromatic rings. The Hall–Kier alpha value is -0.890. The SMILES string of the molecule is CC.c1cc(C2CC3CCC2O3)ccn1. The first-order valence-corrected chi connectivity index (χ1v) is 5.99. The number of ether oxygens (including phenoxy) is 1. The molecule has 3 atom stereocenters. The molecule has 3 heterocycles. The fraction of sp³-hybridized carbons (Fsp3) is 0.615. The topological polar surface area (TPSA) is 22.1 Å². The maximum atomic E-state index is 5.82. The smallest absolute Gasteiger partial charge is 0.0649 e. The van der Waals surface area contributed by atoms with E-state index in [-0.39, 0.29) is 0 Å². The zero-order chi connectivity index (χ0) is 10.7. The van der Waals surface area contributed by atoms with E-state index < -0.39 is 0 Å². The summed E-state index contributed by atoms with van der Waals surface area (Å²) in [7, 11) is 0. The Kier molecular flexibility index (Phi) is 3.37. The quantitative estimate of drug-likeness (QED) is 0.702. The van der Waals surface area contributed by atoms with E-state index in [9.17, 15) is 0 Å². The Labute approximate surface area is 91.7 Å². The molecule has 1 aromatic heterocycles. The second-order valence-electron chi connectivity index (χ2n) is 4.00. The lowest BCUT2D eigenvalue weighted by atomic mass is 9.84. The summed E-state index contributed by atoms with van der Waals surface area (Å²) in [4.78, 5) is 4.04. The minimum Gasteiger partial charge on any atom is -0.374 e. The zero-order valence-corrected chi connectivity index (χ0v) is 9.52. The second-order valence-corrected chi connectivity index (χ2v) is 4.00. The van der Waals surface area contributed by atoms with Crippen LogP contribution in [0, 0.1) is 0 Å². The normalized spacial score (nSPS) is 32.3. The molecule has 2 bridgehead atoms. The molecule has 0 saturated carbocycles. The Morgan fingerprint density at radius 3 is 2.47 bits per heavy atom. The standard InChI is InChI=1S/C11H13NO.C2H6/c1-2-11-10(7-9(1)13-11)8-3-5-12-6-4-8;1-2/h3-6,9-11H,1-2,7H2;1-2H3. The lowest BCUT2D eigenvalue weighted by Crippen LogP contribution is -2.14. The van der Waals surface area contributed by atoms with Crippen LogP contribution in [0.5, 0.6) is 0 Å². The van der Waals surface area contributed by atoms with Gasteiger partial charge in [0.1, 0.15) is 0 Å². The molecule has 0 amide bonds. The molecule has 0 aliphatic carbocycles. The fourth-order valence-electron chi connectivity index (χ4n) is 2.60. The summed E-state index contributed by atoms with van der Waals surface area (Å²) < 4.78 is 5.82. The molecule has 2 saturated heterocycles. The minimum absolute atomic E-state index is 0.493. The van der Waals surface area contributed by atoms with E-state index in [2.05, 4.69) is 17.1 Å². The van der Waals surface area contributed by atoms with Gasteiger partial charge in [0.15, 0.2) is 0 Å². The van der Waals surface area contributed by atoms with Crippen LogP contribution in [-0.4, -0.2) is 17.2 Å². The summed E-state index contributed by atoms with van der Waals surface area (Å²) in [5.74, 6) is 0.641. The molecule has 2 fully saturated rings. The molecule has 2 nitrogen and oxygen atoms in total. The van der Waals surface area contributed by atoms with Crippen molar-refractivity contribution in [2.24, 2.45) is 0 Å². The third kappa shape index (κ3) is 2.05. The van der Waals surface area contributed by atoms with Gasteiger partial charge in [0.2, 0.25) is 0 Å². The lowest BCUT2D eigenvalue weighted by Gasteiger charge is -2.18. The molecule has 0 aromatic carbocycles. The minimum atomic E-state index is 0.493. The second kappa shape index (κ2) is 4.75. The van der Waals surface area contributed by atoms with Gasteiger partial charge in [-0.15, -0.1) is 0 Å². The highest BCUT2D eigenvalue weighted by molar-refractivity contribution is 5.20. The van der Waals surface area contributed by atoms with E-state index in [1.54, 1.807) is 0 Å². The van der Waals surface area contributed by atoms with Gasteiger partial charge < -0.3 is 4.74 Å². The largest absolute Gasteiger partial charge is 0.374 e. The Morgan fingerprint density at radius 2 is 1.93 bits per heavy atom. The van der Waals surface area contributed by atoms with Gasteiger partial charge in [-0.25, -0.2) is 0 Å². The Balaban J connectivity index is 0.000000404. The van der Waals surface area contributed by atoms with Gasteiger partial charge in [-0.1, -0.05) is 13.8 Å². The van der Waals surface area contributed by atoms with Crippen molar-refractivity contribution in [2.45, 2.75) is 51.2 Å². The van der Waals surface area contributed by atoms with E-state index in [1.807, 2.05) is 26.2 Å². The lowest BCUT2D eigenvalue weighted by molar-refractivity contribution is 0.101. The van der Waals surface area contributed by atoms with Gasteiger partial charge >= 0.3 is 0 Å². The van der Waals surface area contributed by atoms with Gasteiger partial charge in [-0.2, -0.15) is 0 Å². The summed E-state index contributed by atoms with van der Waals surface area (Å²) in [5.41, 5.74) is 1.40. The first-order chi connectivity index (χ1) is 7.43. The number of pyridine rings is 1. The van der Waals surface area contributed by atoms with Gasteiger partial charge in [-0.05, 0) is 37.0 Å². The number of fused-ring (bicyclic) bond motifs is 2. The average Bonchev–Trinajstić information content (AvgIpc) is 2.95. The van der Waals surface area contributed by atoms with Crippen LogP contribution < -0.4 is 0 Å². The van der Waals surface area contributed by atoms with Crippen LogP contribution in [0.15, 0.2) is 24.5 Å². The highest BCUT2D eigenvalue weighted by Crippen LogP contribution is 2.44. The van der Waals surface area contributed by atoms with Crippen molar-refractivity contribution < 1.29 is 4.74 Å². The summed E-state index contributed by atoms with van der Waals surface area (Å²) in [6.45, 7) is 4.00. The molecule has 2 aliphatic heterocycles. The average molecular weight is 205 g/mol. The molecule has 2 aliphatic rings. The molecule has 2 heteroatoms. The predicted octanol–water partition coefficient (Wildman–Crippen LogP) is 3.14. The zero-order valence-electron chi connectivity index (χ0n) is 9.52. The molecule has 15 heavy (non-hydrogen) atoms. The van der Waals surface area contributed by atoms with Crippen molar-refractivity contribution in [3.05, 3.63) is 30.1 Å². The van der Waals surface area contributed by atoms with E-state index in [0.717, 1.165) is 0 Å². The number of rotatable bonds is 1. The van der Waals surface area contributed by atoms with Crippen LogP contribution in [0.25, 0.3) is 0 Å². The molecular weight excluding hydrogens is 186 g/mol. The van der Waals surface area contributed by atoms with Crippen molar-refractivity contribution >= 4 is 0 Å². The van der Waals surface area contributed by atoms with Gasteiger partial charge in [0, 0.05) is 18.3 Å². The number of nitrogens with zero attached hydrogens (tertiary/aromatic N) is 1. The van der Waals surface area contributed by atoms with Crippen molar-refractivity contribution in [3.8, 4) is 0 Å². The van der Waals surface area contributed by atoms with Crippen LogP contribution in [0.1, 0.15) is 44.6 Å². The molecular formula is C13H19NO. The number of aromatic nitrogens is 1. The van der Waals surface area contributed by atoms with Crippen LogP contribution in [-0.2, 0) is 4.74 Å². The predicted molar refractivity (Wildman–Crippen MR) is 60.8 cm³/mol. The molecule has 0 N–H and O–H groups in total. The Morgan fingerprint density at radius 1 is 1.20 bits per heavy atom. The number of hydrogen-bond acceptors (Lipinski definition) is 2. The highest BCUT2D eigenvalue weighted by Gasteiger charge is 2.41. The highest BCUT2D eigenvalue weighted by atomic mass is 16.5. The fourth-order valence-corrected chi connectivity index (χ4v) is 2.60. The Bertz CT molecular complexity index is 299. The van der Waals surface area contributed by atoms with E-state index in [1.165, 1.54) is 24.8 Å². The van der Waals surface area contributed by atoms with Crippen LogP contribution in [0.3, 0.4) is 0 Å². The molecule has 3 rings (SSSR count). The summed E-state index contributed by atoms with van der Waals surface area (Å²) >= 11 is 0. The van der Waals surface area contributed by atoms with Gasteiger partial charge in [0.25, 0.3) is 0 Å². The molecule has 3 unspecified atom stereocenters. The van der Waals surface area contributed by atoms with Crippen molar-refractivity contribution in [2.75, 3.05) is 0 Å². The van der Waals surface area contributed by atoms with E-state index in [4.69, 9.17) is 4.74 Å². The summed E-state index contributed by atoms with van der Waals surface area (Å²) in [6, 6.07) is 4.24. The van der Waals surface area contributed by atoms with Crippen molar-refractivity contribution in [1.29, 1.82) is 0 Å². The monoisotopic (exact) mass is 205 g/mol. The summed E-state index contributed by atoms with van der Waals surface area (Å²) in [5, 5.41) is 0. The molecule has 0 radical (unpaired) electrons. The van der Waals surface area contributed by atoms with Crippen LogP contribution in [0.2, 0.25) is 0 Å². The maximum absolute atomic E-state index is 5.82. The van der Waals surface area contributed by atoms with Gasteiger partial charge in [-0.3, -0.25) is 4.98 Å². The van der Waals surface area contributed by atoms with Crippen molar-refractivity contribution in [1.82, 2.24) is 4.98 Å². The third-order valence-electron chi connectivity index (χ3n) is 3.24. The van der Waals surface area contributed by atoms with Crippen LogP contribution >= 0.6 is 0 Å². The first kappa shape index (κ1) is 10.6. The summed E-state index contributed by atoms with van der Waals surface area (Å²) in [6.07, 6.45) is 8.52. The van der Waals surface area contributed by atoms with Crippen molar-refractivity contribution in [3.63, 3.8) is 0 Å². The third-order valence-corrected chi connectivity index (χ3v) is 3.24. The van der Waals surface area contributed by atoms with Crippen LogP contribution in [0.4, 0.5) is 0 Å². The molecule has 0 spiro atoms. The van der Waals surface area contributed by atoms with E-state index >= 15 is 0 Å². The number of hydrogen-bond donors (Lipinski definition) is 0. The van der Waals surface area contributed by atoms with E-state index in [0.29, 0.717) is 18.1 Å². The first-order valence-electron chi connectivity index (χ1n) is 5.99.